The molecule has 8 heteroatoms. The Kier molecular flexibility index (Phi) is 3.60. The van der Waals surface area contributed by atoms with Crippen LogP contribution in [0.25, 0.3) is 0 Å². The lowest BCUT2D eigenvalue weighted by Crippen LogP contribution is -2.03. The van der Waals surface area contributed by atoms with Crippen molar-refractivity contribution in [1.82, 2.24) is 25.2 Å². The highest BCUT2D eigenvalue weighted by Crippen LogP contribution is 2.21. The van der Waals surface area contributed by atoms with Crippen molar-refractivity contribution in [3.05, 3.63) is 40.2 Å². The van der Waals surface area contributed by atoms with Crippen LogP contribution in [0.4, 0.5) is 0 Å². The molecule has 3 heterocycles. The first-order chi connectivity index (χ1) is 9.31. The Morgan fingerprint density at radius 2 is 2.42 bits per heavy atom. The van der Waals surface area contributed by atoms with Crippen LogP contribution < -0.4 is 0 Å². The summed E-state index contributed by atoms with van der Waals surface area (Å²) in [5.41, 5.74) is 1.06. The maximum atomic E-state index is 5.29. The van der Waals surface area contributed by atoms with Gasteiger partial charge in [0.05, 0.1) is 17.0 Å². The van der Waals surface area contributed by atoms with E-state index in [1.807, 2.05) is 19.1 Å². The van der Waals surface area contributed by atoms with Crippen LogP contribution in [0.5, 0.6) is 0 Å². The summed E-state index contributed by atoms with van der Waals surface area (Å²) in [5, 5.41) is 15.6. The van der Waals surface area contributed by atoms with E-state index in [1.165, 1.54) is 0 Å². The smallest absolute Gasteiger partial charge is 0.210 e. The van der Waals surface area contributed by atoms with Gasteiger partial charge >= 0.3 is 0 Å². The second-order valence-corrected chi connectivity index (χ2v) is 5.85. The molecule has 0 saturated carbocycles. The molecule has 0 aliphatic heterocycles. The molecule has 0 radical (unpaired) electrons. The Balaban J connectivity index is 1.66. The van der Waals surface area contributed by atoms with E-state index in [1.54, 1.807) is 34.0 Å². The van der Waals surface area contributed by atoms with E-state index < -0.39 is 0 Å². The number of nitrogens with zero attached hydrogens (tertiary/aromatic N) is 5. The van der Waals surface area contributed by atoms with Crippen molar-refractivity contribution < 1.29 is 4.42 Å². The summed E-state index contributed by atoms with van der Waals surface area (Å²) in [4.78, 5) is 4.42. The predicted octanol–water partition coefficient (Wildman–Crippen LogP) is 2.37. The predicted molar refractivity (Wildman–Crippen MR) is 72.0 cm³/mol. The van der Waals surface area contributed by atoms with Gasteiger partial charge in [0, 0.05) is 11.1 Å². The van der Waals surface area contributed by atoms with Crippen molar-refractivity contribution in [3.8, 4) is 0 Å². The molecule has 0 N–H and O–H groups in total. The molecule has 0 aromatic carbocycles. The molecule has 0 bridgehead atoms. The van der Waals surface area contributed by atoms with E-state index in [4.69, 9.17) is 4.42 Å². The molecule has 0 saturated heterocycles. The van der Waals surface area contributed by atoms with Crippen molar-refractivity contribution >= 4 is 23.1 Å². The molecule has 0 fully saturated rings. The lowest BCUT2D eigenvalue weighted by Gasteiger charge is -2.01. The maximum absolute atomic E-state index is 5.29. The van der Waals surface area contributed by atoms with Crippen molar-refractivity contribution in [3.63, 3.8) is 0 Å². The molecule has 3 rings (SSSR count). The Labute approximate surface area is 117 Å². The Morgan fingerprint density at radius 1 is 1.47 bits per heavy atom. The number of hydrogen-bond donors (Lipinski definition) is 0. The van der Waals surface area contributed by atoms with E-state index in [0.29, 0.717) is 6.54 Å². The Morgan fingerprint density at radius 3 is 3.16 bits per heavy atom. The average Bonchev–Trinajstić information content (AvgIpc) is 3.10. The van der Waals surface area contributed by atoms with E-state index >= 15 is 0 Å². The van der Waals surface area contributed by atoms with Gasteiger partial charge in [-0.05, 0) is 29.5 Å². The van der Waals surface area contributed by atoms with Gasteiger partial charge < -0.3 is 4.42 Å². The van der Waals surface area contributed by atoms with Gasteiger partial charge in [-0.1, -0.05) is 11.8 Å². The van der Waals surface area contributed by atoms with Crippen LogP contribution in [0.1, 0.15) is 16.5 Å². The summed E-state index contributed by atoms with van der Waals surface area (Å²) in [6.07, 6.45) is 1.64. The molecular weight excluding hydrogens is 282 g/mol. The zero-order chi connectivity index (χ0) is 13.1. The number of hydrogen-bond acceptors (Lipinski definition) is 7. The summed E-state index contributed by atoms with van der Waals surface area (Å²) >= 11 is 3.22. The number of thiazole rings is 1. The molecule has 0 atom stereocenters. The molecule has 98 valence electrons. The lowest BCUT2D eigenvalue weighted by atomic mass is 10.4. The molecule has 3 aromatic heterocycles. The number of aryl methyl sites for hydroxylation is 1. The van der Waals surface area contributed by atoms with Gasteiger partial charge in [0.25, 0.3) is 0 Å². The minimum Gasteiger partial charge on any atom is -0.467 e. The average molecular weight is 293 g/mol. The van der Waals surface area contributed by atoms with Crippen LogP contribution in [0.2, 0.25) is 0 Å². The van der Waals surface area contributed by atoms with E-state index in [2.05, 4.69) is 25.9 Å². The zero-order valence-electron chi connectivity index (χ0n) is 10.2. The quantitative estimate of drug-likeness (QED) is 0.673. The van der Waals surface area contributed by atoms with Crippen LogP contribution in [-0.4, -0.2) is 25.2 Å². The second-order valence-electron chi connectivity index (χ2n) is 3.85. The molecular formula is C11H11N5OS2. The molecule has 0 unspecified atom stereocenters. The van der Waals surface area contributed by atoms with Crippen LogP contribution in [0, 0.1) is 6.92 Å². The zero-order valence-corrected chi connectivity index (χ0v) is 11.8. The number of thioether (sulfide) groups is 1. The third kappa shape index (κ3) is 3.02. The van der Waals surface area contributed by atoms with Crippen LogP contribution in [-0.2, 0) is 12.3 Å². The molecule has 0 aliphatic rings. The highest BCUT2D eigenvalue weighted by Gasteiger charge is 2.10. The molecule has 6 nitrogen and oxygen atoms in total. The molecule has 19 heavy (non-hydrogen) atoms. The highest BCUT2D eigenvalue weighted by atomic mass is 32.2. The minimum atomic E-state index is 0.540. The maximum Gasteiger partial charge on any atom is 0.210 e. The molecule has 0 spiro atoms. The topological polar surface area (TPSA) is 69.6 Å². The Bertz CT molecular complexity index is 646. The summed E-state index contributed by atoms with van der Waals surface area (Å²) < 4.78 is 7.02. The number of aromatic nitrogens is 5. The summed E-state index contributed by atoms with van der Waals surface area (Å²) in [7, 11) is 0. The first-order valence-electron chi connectivity index (χ1n) is 5.63. The summed E-state index contributed by atoms with van der Waals surface area (Å²) in [6.45, 7) is 2.54. The number of rotatable bonds is 5. The first kappa shape index (κ1) is 12.4. The van der Waals surface area contributed by atoms with Gasteiger partial charge in [-0.3, -0.25) is 0 Å². The highest BCUT2D eigenvalue weighted by molar-refractivity contribution is 7.98. The number of tetrazole rings is 1. The van der Waals surface area contributed by atoms with Gasteiger partial charge in [0.1, 0.15) is 12.3 Å². The van der Waals surface area contributed by atoms with E-state index in [0.717, 1.165) is 27.4 Å². The third-order valence-electron chi connectivity index (χ3n) is 2.40. The standard InChI is InChI=1S/C11H11N5OS2/c1-8-12-9(6-18-8)7-19-11-13-14-15-16(11)5-10-3-2-4-17-10/h2-4,6H,5,7H2,1H3. The van der Waals surface area contributed by atoms with Crippen molar-refractivity contribution in [2.45, 2.75) is 24.4 Å². The lowest BCUT2D eigenvalue weighted by molar-refractivity contribution is 0.462. The van der Waals surface area contributed by atoms with Crippen molar-refractivity contribution in [2.75, 3.05) is 0 Å². The fourth-order valence-electron chi connectivity index (χ4n) is 1.56. The summed E-state index contributed by atoms with van der Waals surface area (Å²) in [6, 6.07) is 3.75. The third-order valence-corrected chi connectivity index (χ3v) is 4.21. The monoisotopic (exact) mass is 293 g/mol. The SMILES string of the molecule is Cc1nc(CSc2nnnn2Cc2ccco2)cs1. The van der Waals surface area contributed by atoms with Gasteiger partial charge in [0.15, 0.2) is 0 Å². The fraction of sp³-hybridized carbons (Fsp3) is 0.273. The van der Waals surface area contributed by atoms with Crippen molar-refractivity contribution in [2.24, 2.45) is 0 Å². The second kappa shape index (κ2) is 5.54. The van der Waals surface area contributed by atoms with E-state index in [-0.39, 0.29) is 0 Å². The van der Waals surface area contributed by atoms with Crippen molar-refractivity contribution in [1.29, 1.82) is 0 Å². The van der Waals surface area contributed by atoms with E-state index in [9.17, 15) is 0 Å². The molecule has 3 aromatic rings. The normalized spacial score (nSPS) is 11.0. The molecule has 0 amide bonds. The largest absolute Gasteiger partial charge is 0.467 e. The number of furan rings is 1. The van der Waals surface area contributed by atoms with Gasteiger partial charge in [-0.15, -0.1) is 16.4 Å². The first-order valence-corrected chi connectivity index (χ1v) is 7.50. The van der Waals surface area contributed by atoms with Gasteiger partial charge in [0.2, 0.25) is 5.16 Å². The van der Waals surface area contributed by atoms with Gasteiger partial charge in [-0.25, -0.2) is 9.67 Å². The fourth-order valence-corrected chi connectivity index (χ4v) is 3.05. The van der Waals surface area contributed by atoms with Crippen LogP contribution >= 0.6 is 23.1 Å². The van der Waals surface area contributed by atoms with Gasteiger partial charge in [-0.2, -0.15) is 0 Å². The van der Waals surface area contributed by atoms with Crippen LogP contribution in [0.15, 0.2) is 33.3 Å². The van der Waals surface area contributed by atoms with Crippen LogP contribution in [0.3, 0.4) is 0 Å². The summed E-state index contributed by atoms with van der Waals surface area (Å²) in [5.74, 6) is 1.60. The minimum absolute atomic E-state index is 0.540. The molecule has 0 aliphatic carbocycles. The Hall–Kier alpha value is -1.67.